The molecule has 1 heterocycles. The van der Waals surface area contributed by atoms with Crippen molar-refractivity contribution in [3.63, 3.8) is 0 Å². The van der Waals surface area contributed by atoms with E-state index < -0.39 is 0 Å². The van der Waals surface area contributed by atoms with Crippen molar-refractivity contribution >= 4 is 17.4 Å². The summed E-state index contributed by atoms with van der Waals surface area (Å²) in [5, 5.41) is 3.30. The van der Waals surface area contributed by atoms with Crippen LogP contribution in [-0.2, 0) is 6.42 Å². The van der Waals surface area contributed by atoms with Gasteiger partial charge in [-0.3, -0.25) is 0 Å². The van der Waals surface area contributed by atoms with Crippen LogP contribution in [0.3, 0.4) is 0 Å². The minimum Gasteiger partial charge on any atom is -0.373 e. The number of fused-ring (bicyclic) bond motifs is 1. The van der Waals surface area contributed by atoms with Crippen molar-refractivity contribution in [2.75, 3.05) is 12.4 Å². The Morgan fingerprint density at radius 1 is 1.26 bits per heavy atom. The van der Waals surface area contributed by atoms with Crippen LogP contribution >= 0.6 is 11.6 Å². The quantitative estimate of drug-likeness (QED) is 0.855. The van der Waals surface area contributed by atoms with E-state index >= 15 is 0 Å². The van der Waals surface area contributed by atoms with Gasteiger partial charge in [-0.2, -0.15) is 0 Å². The van der Waals surface area contributed by atoms with Crippen LogP contribution in [0.15, 0.2) is 24.3 Å². The normalized spacial score (nSPS) is 17.3. The van der Waals surface area contributed by atoms with Crippen LogP contribution < -0.4 is 5.32 Å². The number of benzene rings is 1. The van der Waals surface area contributed by atoms with Crippen LogP contribution in [0.1, 0.15) is 29.2 Å². The zero-order valence-electron chi connectivity index (χ0n) is 10.5. The monoisotopic (exact) mass is 277 g/mol. The summed E-state index contributed by atoms with van der Waals surface area (Å²) in [5.41, 5.74) is 3.13. The zero-order chi connectivity index (χ0) is 13.4. The molecule has 1 aliphatic rings. The summed E-state index contributed by atoms with van der Waals surface area (Å²) in [6, 6.07) is 6.58. The zero-order valence-corrected chi connectivity index (χ0v) is 11.2. The standard InChI is InChI=1S/C14H13ClFN3/c1-17-13-11-7-6-10(12(11)18-14(15)19-13)8-2-4-9(16)5-3-8/h2-5,10H,6-7H2,1H3,(H,17,18,19). The molecule has 0 spiro atoms. The molecule has 0 saturated carbocycles. The Bertz CT molecular complexity index is 613. The Hall–Kier alpha value is -1.68. The molecule has 0 amide bonds. The highest BCUT2D eigenvalue weighted by Gasteiger charge is 2.28. The van der Waals surface area contributed by atoms with Crippen molar-refractivity contribution in [1.82, 2.24) is 9.97 Å². The molecule has 19 heavy (non-hydrogen) atoms. The largest absolute Gasteiger partial charge is 0.373 e. The topological polar surface area (TPSA) is 37.8 Å². The Balaban J connectivity index is 2.06. The van der Waals surface area contributed by atoms with Gasteiger partial charge in [0.15, 0.2) is 0 Å². The van der Waals surface area contributed by atoms with E-state index in [0.29, 0.717) is 0 Å². The van der Waals surface area contributed by atoms with E-state index in [1.54, 1.807) is 0 Å². The molecule has 0 bridgehead atoms. The minimum absolute atomic E-state index is 0.170. The lowest BCUT2D eigenvalue weighted by atomic mass is 9.97. The molecule has 0 fully saturated rings. The summed E-state index contributed by atoms with van der Waals surface area (Å²) >= 11 is 5.96. The van der Waals surface area contributed by atoms with Gasteiger partial charge in [0.1, 0.15) is 11.6 Å². The summed E-state index contributed by atoms with van der Waals surface area (Å²) in [6.45, 7) is 0. The van der Waals surface area contributed by atoms with Gasteiger partial charge in [0.2, 0.25) is 5.28 Å². The average molecular weight is 278 g/mol. The smallest absolute Gasteiger partial charge is 0.224 e. The maximum atomic E-state index is 13.0. The number of hydrogen-bond acceptors (Lipinski definition) is 3. The molecule has 1 aromatic heterocycles. The minimum atomic E-state index is -0.224. The fourth-order valence-corrected chi connectivity index (χ4v) is 2.84. The third-order valence-electron chi connectivity index (χ3n) is 3.53. The van der Waals surface area contributed by atoms with Crippen molar-refractivity contribution in [3.8, 4) is 0 Å². The maximum absolute atomic E-state index is 13.0. The molecule has 2 aromatic rings. The van der Waals surface area contributed by atoms with Gasteiger partial charge < -0.3 is 5.32 Å². The first-order valence-electron chi connectivity index (χ1n) is 6.18. The third kappa shape index (κ3) is 2.16. The lowest BCUT2D eigenvalue weighted by molar-refractivity contribution is 0.625. The van der Waals surface area contributed by atoms with Crippen molar-refractivity contribution in [2.45, 2.75) is 18.8 Å². The Morgan fingerprint density at radius 3 is 2.68 bits per heavy atom. The van der Waals surface area contributed by atoms with Gasteiger partial charge in [-0.05, 0) is 42.1 Å². The van der Waals surface area contributed by atoms with Crippen molar-refractivity contribution in [1.29, 1.82) is 0 Å². The summed E-state index contributed by atoms with van der Waals surface area (Å²) in [5.74, 6) is 0.737. The molecule has 98 valence electrons. The van der Waals surface area contributed by atoms with Crippen LogP contribution in [-0.4, -0.2) is 17.0 Å². The first-order chi connectivity index (χ1) is 9.19. The summed E-state index contributed by atoms with van der Waals surface area (Å²) in [6.07, 6.45) is 1.86. The second-order valence-electron chi connectivity index (χ2n) is 4.60. The molecule has 5 heteroatoms. The van der Waals surface area contributed by atoms with Gasteiger partial charge >= 0.3 is 0 Å². The van der Waals surface area contributed by atoms with Crippen LogP contribution in [0, 0.1) is 5.82 Å². The third-order valence-corrected chi connectivity index (χ3v) is 3.70. The number of halogens is 2. The van der Waals surface area contributed by atoms with Crippen molar-refractivity contribution in [2.24, 2.45) is 0 Å². The molecule has 0 saturated heterocycles. The fraction of sp³-hybridized carbons (Fsp3) is 0.286. The van der Waals surface area contributed by atoms with Gasteiger partial charge in [0.25, 0.3) is 0 Å². The highest BCUT2D eigenvalue weighted by atomic mass is 35.5. The molecular formula is C14H13ClFN3. The van der Waals surface area contributed by atoms with E-state index in [1.165, 1.54) is 12.1 Å². The number of nitrogens with zero attached hydrogens (tertiary/aromatic N) is 2. The van der Waals surface area contributed by atoms with Crippen molar-refractivity contribution in [3.05, 3.63) is 52.2 Å². The average Bonchev–Trinajstić information content (AvgIpc) is 2.82. The summed E-state index contributed by atoms with van der Waals surface area (Å²) in [4.78, 5) is 8.55. The number of aromatic nitrogens is 2. The lowest BCUT2D eigenvalue weighted by Crippen LogP contribution is -2.04. The van der Waals surface area contributed by atoms with E-state index in [4.69, 9.17) is 11.6 Å². The maximum Gasteiger partial charge on any atom is 0.224 e. The summed E-state index contributed by atoms with van der Waals surface area (Å²) in [7, 11) is 1.82. The van der Waals surface area contributed by atoms with Crippen LogP contribution in [0.25, 0.3) is 0 Å². The molecule has 1 unspecified atom stereocenters. The first-order valence-corrected chi connectivity index (χ1v) is 6.56. The Labute approximate surface area is 115 Å². The van der Waals surface area contributed by atoms with E-state index in [-0.39, 0.29) is 17.0 Å². The Morgan fingerprint density at radius 2 is 2.00 bits per heavy atom. The molecule has 0 aliphatic heterocycles. The molecule has 1 N–H and O–H groups in total. The van der Waals surface area contributed by atoms with E-state index in [9.17, 15) is 4.39 Å². The van der Waals surface area contributed by atoms with Gasteiger partial charge in [-0.25, -0.2) is 14.4 Å². The molecular weight excluding hydrogens is 265 g/mol. The molecule has 1 aliphatic carbocycles. The second kappa shape index (κ2) is 4.78. The van der Waals surface area contributed by atoms with Gasteiger partial charge in [-0.1, -0.05) is 12.1 Å². The SMILES string of the molecule is CNc1nc(Cl)nc2c1CCC2c1ccc(F)cc1. The van der Waals surface area contributed by atoms with Crippen LogP contribution in [0.4, 0.5) is 10.2 Å². The van der Waals surface area contributed by atoms with Gasteiger partial charge in [0, 0.05) is 18.5 Å². The Kier molecular flexibility index (Phi) is 3.11. The molecule has 3 nitrogen and oxygen atoms in total. The predicted molar refractivity (Wildman–Crippen MR) is 73.2 cm³/mol. The van der Waals surface area contributed by atoms with Crippen LogP contribution in [0.5, 0.6) is 0 Å². The highest BCUT2D eigenvalue weighted by molar-refractivity contribution is 6.28. The summed E-state index contributed by atoms with van der Waals surface area (Å²) < 4.78 is 13.0. The highest BCUT2D eigenvalue weighted by Crippen LogP contribution is 2.39. The lowest BCUT2D eigenvalue weighted by Gasteiger charge is -2.12. The van der Waals surface area contributed by atoms with Gasteiger partial charge in [0.05, 0.1) is 5.69 Å². The van der Waals surface area contributed by atoms with E-state index in [0.717, 1.165) is 35.5 Å². The number of anilines is 1. The fourth-order valence-electron chi connectivity index (χ4n) is 2.66. The van der Waals surface area contributed by atoms with Gasteiger partial charge in [-0.15, -0.1) is 0 Å². The molecule has 0 radical (unpaired) electrons. The van der Waals surface area contributed by atoms with Crippen molar-refractivity contribution < 1.29 is 4.39 Å². The first kappa shape index (κ1) is 12.4. The molecule has 3 rings (SSSR count). The molecule has 1 aromatic carbocycles. The second-order valence-corrected chi connectivity index (χ2v) is 4.94. The number of rotatable bonds is 2. The molecule has 1 atom stereocenters. The van der Waals surface area contributed by atoms with E-state index in [2.05, 4.69) is 15.3 Å². The van der Waals surface area contributed by atoms with E-state index in [1.807, 2.05) is 19.2 Å². The predicted octanol–water partition coefficient (Wildman–Crippen LogP) is 3.39. The number of nitrogens with one attached hydrogen (secondary N) is 1. The number of hydrogen-bond donors (Lipinski definition) is 1. The van der Waals surface area contributed by atoms with Crippen LogP contribution in [0.2, 0.25) is 5.28 Å².